The molecule has 0 spiro atoms. The summed E-state index contributed by atoms with van der Waals surface area (Å²) in [7, 11) is -12.8. The van der Waals surface area contributed by atoms with Crippen molar-refractivity contribution in [3.05, 3.63) is 165 Å². The fraction of sp³-hybridized carbons (Fsp3) is 0.262. The van der Waals surface area contributed by atoms with Crippen molar-refractivity contribution in [2.24, 2.45) is 0 Å². The first-order valence-corrected chi connectivity index (χ1v) is 37.8. The zero-order valence-electron chi connectivity index (χ0n) is 48.8. The van der Waals surface area contributed by atoms with Crippen molar-refractivity contribution in [2.75, 3.05) is 47.2 Å². The van der Waals surface area contributed by atoms with E-state index in [0.29, 0.717) is 79.3 Å². The Morgan fingerprint density at radius 2 is 1.31 bits per heavy atom. The highest BCUT2D eigenvalue weighted by Gasteiger charge is 2.33. The molecule has 90 heavy (non-hydrogen) atoms. The number of ether oxygens (including phenoxy) is 1. The maximum Gasteiger partial charge on any atom is 0.268 e. The Morgan fingerprint density at radius 3 is 2.08 bits per heavy atom. The fourth-order valence-corrected chi connectivity index (χ4v) is 16.9. The van der Waals surface area contributed by atoms with E-state index >= 15 is 0 Å². The molecule has 0 saturated heterocycles. The van der Waals surface area contributed by atoms with Gasteiger partial charge in [0, 0.05) is 94.7 Å². The van der Waals surface area contributed by atoms with E-state index in [2.05, 4.69) is 80.8 Å². The Balaban J connectivity index is 0.704. The molecule has 0 unspecified atom stereocenters. The molecule has 0 atom stereocenters. The van der Waals surface area contributed by atoms with E-state index in [1.807, 2.05) is 80.9 Å². The Kier molecular flexibility index (Phi) is 18.7. The van der Waals surface area contributed by atoms with Gasteiger partial charge in [0.1, 0.15) is 20.6 Å². The highest BCUT2D eigenvalue weighted by molar-refractivity contribution is 8.04. The summed E-state index contributed by atoms with van der Waals surface area (Å²) in [6.45, 7) is 2.18. The van der Waals surface area contributed by atoms with E-state index in [0.717, 1.165) is 100 Å². The number of nitrogens with one attached hydrogen (secondary N) is 2. The number of amides is 2. The molecule has 2 amide bonds. The first-order chi connectivity index (χ1) is 43.3. The molecule has 0 saturated carbocycles. The van der Waals surface area contributed by atoms with Crippen molar-refractivity contribution >= 4 is 154 Å². The van der Waals surface area contributed by atoms with Crippen LogP contribution in [0.4, 0.5) is 11.4 Å². The van der Waals surface area contributed by atoms with E-state index in [-0.39, 0.29) is 30.9 Å². The summed E-state index contributed by atoms with van der Waals surface area (Å²) >= 11 is 6.44. The van der Waals surface area contributed by atoms with Gasteiger partial charge in [-0.05, 0) is 109 Å². The van der Waals surface area contributed by atoms with E-state index in [4.69, 9.17) is 9.15 Å². The molecule has 0 aliphatic carbocycles. The summed E-state index contributed by atoms with van der Waals surface area (Å²) in [5, 5.41) is 9.62. The van der Waals surface area contributed by atoms with Gasteiger partial charge in [-0.3, -0.25) is 9.59 Å². The van der Waals surface area contributed by atoms with Crippen molar-refractivity contribution in [3.8, 4) is 27.3 Å². The van der Waals surface area contributed by atoms with Crippen LogP contribution < -0.4 is 33.7 Å². The van der Waals surface area contributed by atoms with Crippen LogP contribution in [0.25, 0.3) is 76.1 Å². The molecule has 2 aliphatic rings. The van der Waals surface area contributed by atoms with Crippen LogP contribution in [0.3, 0.4) is 0 Å². The topological polar surface area (TPSA) is 243 Å². The molecule has 4 aromatic heterocycles. The van der Waals surface area contributed by atoms with Crippen molar-refractivity contribution in [3.63, 3.8) is 0 Å². The molecule has 10 aromatic rings. The van der Waals surface area contributed by atoms with E-state index in [9.17, 15) is 43.9 Å². The number of rotatable bonds is 26. The van der Waals surface area contributed by atoms with Crippen molar-refractivity contribution in [2.45, 2.75) is 75.8 Å². The van der Waals surface area contributed by atoms with Gasteiger partial charge in [0.05, 0.1) is 55.0 Å². The number of thioether (sulfide) groups is 1. The summed E-state index contributed by atoms with van der Waals surface area (Å²) in [6.07, 6.45) is 9.86. The second kappa shape index (κ2) is 26.8. The van der Waals surface area contributed by atoms with Crippen molar-refractivity contribution < 1.29 is 62.2 Å². The number of nitrogens with zero attached hydrogens (tertiary/aromatic N) is 4. The summed E-state index contributed by atoms with van der Waals surface area (Å²) in [6, 6.07) is 43.5. The van der Waals surface area contributed by atoms with Gasteiger partial charge in [-0.1, -0.05) is 101 Å². The number of thiazole rings is 2. The minimum atomic E-state index is -4.51. The lowest BCUT2D eigenvalue weighted by Crippen LogP contribution is -2.36. The monoisotopic (exact) mass is 1340 g/mol. The number of carbonyl (C=O) groups excluding carboxylic acids is 2. The summed E-state index contributed by atoms with van der Waals surface area (Å²) in [5.41, 5.74) is 8.05. The second-order valence-electron chi connectivity index (χ2n) is 22.1. The van der Waals surface area contributed by atoms with Gasteiger partial charge < -0.3 is 33.4 Å². The Bertz CT molecular complexity index is 4790. The number of hydrogen-bond donors (Lipinski definition) is 2. The van der Waals surface area contributed by atoms with Crippen LogP contribution in [-0.4, -0.2) is 83.6 Å². The average molecular weight is 1340 g/mol. The maximum absolute atomic E-state index is 13.3. The number of furan rings is 1. The molecule has 12 rings (SSSR count). The van der Waals surface area contributed by atoms with Crippen molar-refractivity contribution in [1.82, 2.24) is 10.0 Å². The lowest BCUT2D eigenvalue weighted by atomic mass is 10.1. The normalized spacial score (nSPS) is 14.4. The number of fused-ring (bicyclic) bond motifs is 7. The SMILES string of the molecule is CS(=O)(=O)NC(=O)c1ccc2sc(C=C3Oc4cc5c(cc4N3CCCS(=O)(=O)[O-])oc3ccccc35)[n+](CCCCCC(=O)NCCCCCN3C(=Cc4sc5ccc(-c6ccccc6)cc5[n+]4CCCS(=O)(=O)[O-])Sc4ccc(-c5cccs5)cc43)c2c1. The summed E-state index contributed by atoms with van der Waals surface area (Å²) < 4.78 is 116. The van der Waals surface area contributed by atoms with Crippen LogP contribution in [0.15, 0.2) is 159 Å². The lowest BCUT2D eigenvalue weighted by Gasteiger charge is -2.20. The van der Waals surface area contributed by atoms with Gasteiger partial charge in [0.25, 0.3) is 15.9 Å². The third kappa shape index (κ3) is 14.8. The van der Waals surface area contributed by atoms with Crippen LogP contribution in [0.1, 0.15) is 78.2 Å². The summed E-state index contributed by atoms with van der Waals surface area (Å²) in [4.78, 5) is 32.9. The highest BCUT2D eigenvalue weighted by Crippen LogP contribution is 2.49. The molecule has 2 N–H and O–H groups in total. The fourth-order valence-electron chi connectivity index (χ4n) is 11.4. The predicted octanol–water partition coefficient (Wildman–Crippen LogP) is 12.2. The molecule has 25 heteroatoms. The quantitative estimate of drug-likeness (QED) is 0.0291. The Morgan fingerprint density at radius 1 is 0.611 bits per heavy atom. The van der Waals surface area contributed by atoms with Crippen LogP contribution in [0.2, 0.25) is 0 Å². The Hall–Kier alpha value is -7.46. The van der Waals surface area contributed by atoms with Crippen LogP contribution in [0, 0.1) is 0 Å². The lowest BCUT2D eigenvalue weighted by molar-refractivity contribution is -0.669. The standard InChI is InChI=1S/C65H62N6O12S7/c1-88(74,75)67-65(73)46-24-27-59-52(38-46)69(62(85-59)41-61-68(31-14-34-89(76,77)78)49-40-54-48(39-55(49)83-61)47-18-8-9-19-53(47)82-54)29-11-3-7-21-60(72)66-28-10-4-12-30-70-51-37-45(56-20-13-33-84-56)23-26-58(51)87-63(70)42-64-71(32-15-35-90(79,80)81)50-36-44(22-25-57(50)86-64)43-16-5-2-6-17-43/h2,5-6,8-9,13,16-20,22-27,33,36-42H,3-4,7,10-12,14-15,21,28-32,34-35H2,1H3,(H2-2,66,67,72,73,76,77,78,79,80,81). The number of carbonyl (C=O) groups is 2. The highest BCUT2D eigenvalue weighted by atomic mass is 32.2. The maximum atomic E-state index is 13.3. The van der Waals surface area contributed by atoms with Gasteiger partial charge in [-0.2, -0.15) is 9.13 Å². The molecule has 6 aromatic carbocycles. The zero-order valence-corrected chi connectivity index (χ0v) is 54.5. The predicted molar refractivity (Wildman–Crippen MR) is 356 cm³/mol. The smallest absolute Gasteiger partial charge is 0.268 e. The van der Waals surface area contributed by atoms with Gasteiger partial charge in [-0.15, -0.1) is 11.3 Å². The molecular weight excluding hydrogens is 1280 g/mol. The molecule has 0 fully saturated rings. The molecule has 466 valence electrons. The Labute approximate surface area is 537 Å². The number of aromatic nitrogens is 2. The van der Waals surface area contributed by atoms with Crippen LogP contribution in [-0.2, 0) is 48.1 Å². The zero-order chi connectivity index (χ0) is 62.7. The van der Waals surface area contributed by atoms with E-state index < -0.39 is 47.7 Å². The van der Waals surface area contributed by atoms with Gasteiger partial charge in [0.2, 0.25) is 32.8 Å². The van der Waals surface area contributed by atoms with E-state index in [1.165, 1.54) is 16.2 Å². The van der Waals surface area contributed by atoms with Gasteiger partial charge in [-0.25, -0.2) is 30.0 Å². The molecule has 6 heterocycles. The minimum Gasteiger partial charge on any atom is -0.748 e. The average Bonchev–Trinajstić information content (AvgIpc) is 1.76. The number of benzene rings is 6. The molecule has 0 bridgehead atoms. The molecule has 18 nitrogen and oxygen atoms in total. The number of anilines is 2. The number of unbranched alkanes of at least 4 members (excludes halogenated alkanes) is 4. The third-order valence-corrected chi connectivity index (χ3v) is 22.0. The first kappa shape index (κ1) is 62.7. The van der Waals surface area contributed by atoms with Crippen LogP contribution >= 0.6 is 45.8 Å². The molecule has 2 aliphatic heterocycles. The number of aryl methyl sites for hydroxylation is 2. The molecular formula is C65H62N6O12S7. The first-order valence-electron chi connectivity index (χ1n) is 29.4. The number of hydrogen-bond acceptors (Lipinski definition) is 18. The second-order valence-corrected chi connectivity index (χ2v) is 31.0. The minimum absolute atomic E-state index is 0.0215. The molecule has 0 radical (unpaired) electrons. The number of para-hydroxylation sites is 1. The largest absolute Gasteiger partial charge is 0.748 e. The summed E-state index contributed by atoms with van der Waals surface area (Å²) in [5.74, 6) is -0.965. The van der Waals surface area contributed by atoms with Crippen LogP contribution in [0.5, 0.6) is 5.75 Å². The van der Waals surface area contributed by atoms with E-state index in [1.54, 1.807) is 52.6 Å². The number of sulfonamides is 1. The van der Waals surface area contributed by atoms with Gasteiger partial charge >= 0.3 is 0 Å². The number of thiophene rings is 1. The third-order valence-electron chi connectivity index (χ3n) is 15.6. The van der Waals surface area contributed by atoms with Crippen molar-refractivity contribution in [1.29, 1.82) is 0 Å². The van der Waals surface area contributed by atoms with Gasteiger partial charge in [0.15, 0.2) is 18.8 Å².